The molecule has 1 aromatic rings. The molecule has 2 fully saturated rings. The summed E-state index contributed by atoms with van der Waals surface area (Å²) in [5.74, 6) is -0.251. The maximum absolute atomic E-state index is 12.5. The highest BCUT2D eigenvalue weighted by molar-refractivity contribution is 6.31. The summed E-state index contributed by atoms with van der Waals surface area (Å²) in [4.78, 5) is 25.7. The summed E-state index contributed by atoms with van der Waals surface area (Å²) in [5.41, 5.74) is 1.02. The van der Waals surface area contributed by atoms with Crippen LogP contribution in [0.3, 0.4) is 0 Å². The number of hydrogen-bond donors (Lipinski definition) is 1. The van der Waals surface area contributed by atoms with Gasteiger partial charge in [-0.05, 0) is 24.5 Å². The van der Waals surface area contributed by atoms with Gasteiger partial charge in [-0.15, -0.1) is 0 Å². The number of rotatable bonds is 4. The summed E-state index contributed by atoms with van der Waals surface area (Å²) >= 11 is 6.29. The van der Waals surface area contributed by atoms with E-state index in [0.717, 1.165) is 23.4 Å². The quantitative estimate of drug-likeness (QED) is 0.911. The van der Waals surface area contributed by atoms with Crippen molar-refractivity contribution in [2.24, 2.45) is 0 Å². The zero-order valence-electron chi connectivity index (χ0n) is 13.2. The Bertz CT molecular complexity index is 616. The predicted octanol–water partition coefficient (Wildman–Crippen LogP) is 1.74. The van der Waals surface area contributed by atoms with E-state index in [1.54, 1.807) is 4.90 Å². The Morgan fingerprint density at radius 1 is 1.39 bits per heavy atom. The van der Waals surface area contributed by atoms with Gasteiger partial charge in [0.25, 0.3) is 0 Å². The van der Waals surface area contributed by atoms with Gasteiger partial charge in [0.15, 0.2) is 0 Å². The van der Waals surface area contributed by atoms with E-state index < -0.39 is 6.04 Å². The van der Waals surface area contributed by atoms with E-state index in [4.69, 9.17) is 16.3 Å². The molecule has 1 aliphatic heterocycles. The van der Waals surface area contributed by atoms with Gasteiger partial charge in [-0.2, -0.15) is 0 Å². The Morgan fingerprint density at radius 2 is 2.13 bits per heavy atom. The van der Waals surface area contributed by atoms with E-state index in [1.807, 2.05) is 24.3 Å². The van der Waals surface area contributed by atoms with Gasteiger partial charge in [0.2, 0.25) is 11.8 Å². The van der Waals surface area contributed by atoms with Crippen molar-refractivity contribution in [1.29, 1.82) is 0 Å². The molecule has 5 nitrogen and oxygen atoms in total. The van der Waals surface area contributed by atoms with E-state index in [9.17, 15) is 9.59 Å². The first-order valence-electron chi connectivity index (χ1n) is 7.91. The van der Waals surface area contributed by atoms with Crippen LogP contribution >= 0.6 is 11.6 Å². The first kappa shape index (κ1) is 16.3. The number of ether oxygens (including phenoxy) is 1. The number of morpholine rings is 1. The van der Waals surface area contributed by atoms with Crippen molar-refractivity contribution in [2.45, 2.75) is 31.2 Å². The van der Waals surface area contributed by atoms with Crippen molar-refractivity contribution >= 4 is 23.4 Å². The molecule has 0 radical (unpaired) electrons. The molecular weight excluding hydrogens is 316 g/mol. The van der Waals surface area contributed by atoms with Gasteiger partial charge in [-0.3, -0.25) is 9.59 Å². The lowest BCUT2D eigenvalue weighted by molar-refractivity contribution is -0.146. The fourth-order valence-electron chi connectivity index (χ4n) is 3.16. The van der Waals surface area contributed by atoms with Gasteiger partial charge < -0.3 is 15.0 Å². The van der Waals surface area contributed by atoms with Crippen molar-refractivity contribution in [3.05, 3.63) is 34.9 Å². The second-order valence-electron chi connectivity index (χ2n) is 6.28. The van der Waals surface area contributed by atoms with Gasteiger partial charge in [-0.25, -0.2) is 0 Å². The average molecular weight is 337 g/mol. The second kappa shape index (κ2) is 6.49. The summed E-state index contributed by atoms with van der Waals surface area (Å²) in [7, 11) is 0. The number of amides is 2. The maximum Gasteiger partial charge on any atom is 0.245 e. The summed E-state index contributed by atoms with van der Waals surface area (Å²) in [5, 5.41) is 3.74. The van der Waals surface area contributed by atoms with Crippen LogP contribution in [0, 0.1) is 0 Å². The Balaban J connectivity index is 1.65. The summed E-state index contributed by atoms with van der Waals surface area (Å²) in [6.07, 6.45) is 2.02. The zero-order chi connectivity index (χ0) is 16.4. The number of carbonyl (C=O) groups excluding carboxylic acids is 2. The third kappa shape index (κ3) is 3.35. The molecule has 0 bridgehead atoms. The Labute approximate surface area is 140 Å². The molecule has 1 unspecified atom stereocenters. The van der Waals surface area contributed by atoms with Gasteiger partial charge in [0.1, 0.15) is 6.04 Å². The molecule has 1 aliphatic carbocycles. The minimum absolute atomic E-state index is 0.0649. The lowest BCUT2D eigenvalue weighted by Crippen LogP contribution is -2.56. The van der Waals surface area contributed by atoms with Gasteiger partial charge >= 0.3 is 0 Å². The first-order valence-corrected chi connectivity index (χ1v) is 8.29. The van der Waals surface area contributed by atoms with Crippen LogP contribution < -0.4 is 5.32 Å². The first-order chi connectivity index (χ1) is 11.0. The minimum atomic E-state index is -0.539. The number of hydrogen-bond acceptors (Lipinski definition) is 3. The minimum Gasteiger partial charge on any atom is -0.377 e. The van der Waals surface area contributed by atoms with Crippen LogP contribution in [0.2, 0.25) is 5.02 Å². The molecule has 6 heteroatoms. The van der Waals surface area contributed by atoms with Crippen molar-refractivity contribution < 1.29 is 14.3 Å². The molecule has 1 N–H and O–H groups in total. The summed E-state index contributed by atoms with van der Waals surface area (Å²) < 4.78 is 5.36. The molecule has 23 heavy (non-hydrogen) atoms. The molecule has 2 amide bonds. The van der Waals surface area contributed by atoms with Gasteiger partial charge in [-0.1, -0.05) is 29.8 Å². The number of nitrogens with one attached hydrogen (secondary N) is 1. The lowest BCUT2D eigenvalue weighted by atomic mass is 9.95. The van der Waals surface area contributed by atoms with E-state index >= 15 is 0 Å². The lowest BCUT2D eigenvalue weighted by Gasteiger charge is -2.34. The topological polar surface area (TPSA) is 58.6 Å². The molecular formula is C17H21ClN2O3. The van der Waals surface area contributed by atoms with E-state index in [1.165, 1.54) is 6.92 Å². The zero-order valence-corrected chi connectivity index (χ0v) is 13.9. The standard InChI is InChI=1S/C17H21ClN2O3/c1-12(21)20-8-9-23-10-15(20)16(22)19-11-17(6-7-17)13-4-2-3-5-14(13)18/h2-5,15H,6-11H2,1H3,(H,19,22). The van der Waals surface area contributed by atoms with Crippen LogP contribution in [-0.4, -0.2) is 49.1 Å². The van der Waals surface area contributed by atoms with Crippen LogP contribution in [0.1, 0.15) is 25.3 Å². The van der Waals surface area contributed by atoms with Crippen LogP contribution in [0.15, 0.2) is 24.3 Å². The summed E-state index contributed by atoms with van der Waals surface area (Å²) in [6.45, 7) is 3.22. The smallest absolute Gasteiger partial charge is 0.245 e. The van der Waals surface area contributed by atoms with Crippen LogP contribution in [0.4, 0.5) is 0 Å². The number of halogens is 1. The Morgan fingerprint density at radius 3 is 2.78 bits per heavy atom. The highest BCUT2D eigenvalue weighted by Gasteiger charge is 2.46. The van der Waals surface area contributed by atoms with Gasteiger partial charge in [0.05, 0.1) is 13.2 Å². The predicted molar refractivity (Wildman–Crippen MR) is 87.4 cm³/mol. The molecule has 2 aliphatic rings. The van der Waals surface area contributed by atoms with Crippen LogP contribution in [0.25, 0.3) is 0 Å². The fraction of sp³-hybridized carbons (Fsp3) is 0.529. The molecule has 0 spiro atoms. The second-order valence-corrected chi connectivity index (χ2v) is 6.69. The van der Waals surface area contributed by atoms with E-state index in [2.05, 4.69) is 5.32 Å². The third-order valence-corrected chi connectivity index (χ3v) is 5.06. The van der Waals surface area contributed by atoms with Crippen molar-refractivity contribution in [2.75, 3.05) is 26.3 Å². The van der Waals surface area contributed by atoms with Crippen LogP contribution in [-0.2, 0) is 19.7 Å². The Hall–Kier alpha value is -1.59. The molecule has 3 rings (SSSR count). The number of nitrogens with zero attached hydrogens (tertiary/aromatic N) is 1. The molecule has 0 aromatic heterocycles. The SMILES string of the molecule is CC(=O)N1CCOCC1C(=O)NCC1(c2ccccc2Cl)CC1. The fourth-order valence-corrected chi connectivity index (χ4v) is 3.49. The Kier molecular flexibility index (Phi) is 4.60. The largest absolute Gasteiger partial charge is 0.377 e. The monoisotopic (exact) mass is 336 g/mol. The number of benzene rings is 1. The molecule has 124 valence electrons. The van der Waals surface area contributed by atoms with Crippen molar-refractivity contribution in [3.63, 3.8) is 0 Å². The third-order valence-electron chi connectivity index (χ3n) is 4.74. The highest BCUT2D eigenvalue weighted by atomic mass is 35.5. The van der Waals surface area contributed by atoms with Crippen LogP contribution in [0.5, 0.6) is 0 Å². The van der Waals surface area contributed by atoms with Crippen molar-refractivity contribution in [3.8, 4) is 0 Å². The van der Waals surface area contributed by atoms with E-state index in [0.29, 0.717) is 19.7 Å². The molecule has 1 saturated heterocycles. The molecule has 1 atom stereocenters. The molecule has 1 saturated carbocycles. The van der Waals surface area contributed by atoms with Gasteiger partial charge in [0, 0.05) is 30.5 Å². The molecule has 1 aromatic carbocycles. The van der Waals surface area contributed by atoms with Crippen molar-refractivity contribution in [1.82, 2.24) is 10.2 Å². The number of carbonyl (C=O) groups is 2. The van der Waals surface area contributed by atoms with E-state index in [-0.39, 0.29) is 23.8 Å². The summed E-state index contributed by atoms with van der Waals surface area (Å²) in [6, 6.07) is 7.24. The normalized spacial score (nSPS) is 22.5. The average Bonchev–Trinajstić information content (AvgIpc) is 3.34. The highest BCUT2D eigenvalue weighted by Crippen LogP contribution is 2.49. The molecule has 1 heterocycles. The maximum atomic E-state index is 12.5.